The van der Waals surface area contributed by atoms with Gasteiger partial charge in [0.15, 0.2) is 0 Å². The number of benzene rings is 2. The normalized spacial score (nSPS) is 17.4. The van der Waals surface area contributed by atoms with Gasteiger partial charge in [-0.3, -0.25) is 4.79 Å². The number of amides is 1. The van der Waals surface area contributed by atoms with Gasteiger partial charge in [-0.05, 0) is 68.0 Å². The first kappa shape index (κ1) is 18.3. The van der Waals surface area contributed by atoms with Crippen molar-refractivity contribution < 1.29 is 4.79 Å². The second kappa shape index (κ2) is 7.81. The third-order valence-corrected chi connectivity index (χ3v) is 5.24. The number of nitrogens with two attached hydrogens (primary N) is 1. The van der Waals surface area contributed by atoms with Gasteiger partial charge >= 0.3 is 0 Å². The summed E-state index contributed by atoms with van der Waals surface area (Å²) in [6.07, 6.45) is 3.68. The van der Waals surface area contributed by atoms with Gasteiger partial charge in [0.2, 0.25) is 0 Å². The van der Waals surface area contributed by atoms with Crippen molar-refractivity contribution in [1.29, 1.82) is 0 Å². The molecule has 0 bridgehead atoms. The van der Waals surface area contributed by atoms with Crippen molar-refractivity contribution in [2.45, 2.75) is 52.0 Å². The Kier molecular flexibility index (Phi) is 5.50. The number of carbonyl (C=O) groups excluding carboxylic acids is 1. The van der Waals surface area contributed by atoms with Crippen LogP contribution in [0.3, 0.4) is 0 Å². The number of nitrogens with zero attached hydrogens (tertiary/aromatic N) is 1. The summed E-state index contributed by atoms with van der Waals surface area (Å²) in [4.78, 5) is 14.9. The SMILES string of the molecule is CC(C)c1ccc(C(=O)Nc2ccc(N3CCCCC3C)c(N)c2)cc1. The van der Waals surface area contributed by atoms with Crippen molar-refractivity contribution in [2.24, 2.45) is 0 Å². The molecule has 4 nitrogen and oxygen atoms in total. The lowest BCUT2D eigenvalue weighted by atomic mass is 10.0. The van der Waals surface area contributed by atoms with Crippen LogP contribution in [-0.2, 0) is 0 Å². The van der Waals surface area contributed by atoms with Crippen LogP contribution < -0.4 is 16.0 Å². The summed E-state index contributed by atoms with van der Waals surface area (Å²) in [7, 11) is 0. The van der Waals surface area contributed by atoms with Crippen molar-refractivity contribution in [2.75, 3.05) is 22.5 Å². The van der Waals surface area contributed by atoms with Crippen LogP contribution in [0.25, 0.3) is 0 Å². The predicted octanol–water partition coefficient (Wildman–Crippen LogP) is 5.02. The number of hydrogen-bond acceptors (Lipinski definition) is 3. The van der Waals surface area contributed by atoms with E-state index in [-0.39, 0.29) is 5.91 Å². The Morgan fingerprint density at radius 2 is 1.88 bits per heavy atom. The molecule has 1 atom stereocenters. The van der Waals surface area contributed by atoms with Gasteiger partial charge in [0.25, 0.3) is 5.91 Å². The zero-order chi connectivity index (χ0) is 18.7. The van der Waals surface area contributed by atoms with E-state index in [2.05, 4.69) is 31.0 Å². The smallest absolute Gasteiger partial charge is 0.255 e. The van der Waals surface area contributed by atoms with Crippen LogP contribution in [0.1, 0.15) is 61.9 Å². The molecular weight excluding hydrogens is 322 g/mol. The fraction of sp³-hybridized carbons (Fsp3) is 0.409. The van der Waals surface area contributed by atoms with Crippen molar-refractivity contribution in [3.8, 4) is 0 Å². The molecule has 0 spiro atoms. The predicted molar refractivity (Wildman–Crippen MR) is 110 cm³/mol. The largest absolute Gasteiger partial charge is 0.397 e. The van der Waals surface area contributed by atoms with Crippen LogP contribution in [0.2, 0.25) is 0 Å². The zero-order valence-corrected chi connectivity index (χ0v) is 16.0. The second-order valence-electron chi connectivity index (χ2n) is 7.54. The van der Waals surface area contributed by atoms with E-state index in [0.717, 1.165) is 17.9 Å². The summed E-state index contributed by atoms with van der Waals surface area (Å²) in [6, 6.07) is 14.1. The Bertz CT molecular complexity index is 767. The van der Waals surface area contributed by atoms with Crippen LogP contribution >= 0.6 is 0 Å². The summed E-state index contributed by atoms with van der Waals surface area (Å²) in [5, 5.41) is 2.95. The van der Waals surface area contributed by atoms with E-state index in [9.17, 15) is 4.79 Å². The van der Waals surface area contributed by atoms with Crippen molar-refractivity contribution in [3.63, 3.8) is 0 Å². The number of nitrogen functional groups attached to an aromatic ring is 1. The molecular formula is C22H29N3O. The van der Waals surface area contributed by atoms with E-state index in [0.29, 0.717) is 23.2 Å². The highest BCUT2D eigenvalue weighted by atomic mass is 16.1. The Balaban J connectivity index is 1.72. The highest BCUT2D eigenvalue weighted by Crippen LogP contribution is 2.31. The van der Waals surface area contributed by atoms with Crippen LogP contribution in [-0.4, -0.2) is 18.5 Å². The summed E-state index contributed by atoms with van der Waals surface area (Å²) in [5.41, 5.74) is 10.7. The molecule has 2 aromatic carbocycles. The maximum Gasteiger partial charge on any atom is 0.255 e. The zero-order valence-electron chi connectivity index (χ0n) is 16.0. The molecule has 0 aliphatic carbocycles. The monoisotopic (exact) mass is 351 g/mol. The van der Waals surface area contributed by atoms with Crippen LogP contribution in [0.4, 0.5) is 17.1 Å². The molecule has 0 saturated carbocycles. The molecule has 3 rings (SSSR count). The molecule has 138 valence electrons. The lowest BCUT2D eigenvalue weighted by Gasteiger charge is -2.36. The van der Waals surface area contributed by atoms with E-state index in [1.54, 1.807) is 0 Å². The first-order valence-corrected chi connectivity index (χ1v) is 9.53. The molecule has 0 radical (unpaired) electrons. The minimum Gasteiger partial charge on any atom is -0.397 e. The fourth-order valence-corrected chi connectivity index (χ4v) is 3.57. The highest BCUT2D eigenvalue weighted by molar-refractivity contribution is 6.04. The van der Waals surface area contributed by atoms with Crippen molar-refractivity contribution >= 4 is 23.0 Å². The summed E-state index contributed by atoms with van der Waals surface area (Å²) in [6.45, 7) is 7.57. The maximum atomic E-state index is 12.5. The van der Waals surface area contributed by atoms with E-state index < -0.39 is 0 Å². The van der Waals surface area contributed by atoms with Crippen molar-refractivity contribution in [3.05, 3.63) is 53.6 Å². The third kappa shape index (κ3) is 4.01. The van der Waals surface area contributed by atoms with Crippen LogP contribution in [0, 0.1) is 0 Å². The number of carbonyl (C=O) groups is 1. The standard InChI is InChI=1S/C22H29N3O/c1-15(2)17-7-9-18(10-8-17)22(26)24-19-11-12-21(20(23)14-19)25-13-5-4-6-16(25)3/h7-12,14-16H,4-6,13,23H2,1-3H3,(H,24,26). The van der Waals surface area contributed by atoms with Gasteiger partial charge in [0.05, 0.1) is 11.4 Å². The van der Waals surface area contributed by atoms with Gasteiger partial charge in [0.1, 0.15) is 0 Å². The molecule has 0 aromatic heterocycles. The average Bonchev–Trinajstić information content (AvgIpc) is 2.63. The molecule has 1 unspecified atom stereocenters. The van der Waals surface area contributed by atoms with Crippen LogP contribution in [0.5, 0.6) is 0 Å². The van der Waals surface area contributed by atoms with Gasteiger partial charge in [-0.2, -0.15) is 0 Å². The number of rotatable bonds is 4. The topological polar surface area (TPSA) is 58.4 Å². The third-order valence-electron chi connectivity index (χ3n) is 5.24. The molecule has 1 aliphatic rings. The molecule has 1 heterocycles. The Morgan fingerprint density at radius 3 is 2.50 bits per heavy atom. The molecule has 3 N–H and O–H groups in total. The summed E-state index contributed by atoms with van der Waals surface area (Å²) in [5.74, 6) is 0.343. The lowest BCUT2D eigenvalue weighted by molar-refractivity contribution is 0.102. The molecule has 1 amide bonds. The molecule has 1 fully saturated rings. The van der Waals surface area contributed by atoms with E-state index in [1.807, 2.05) is 42.5 Å². The molecule has 1 aliphatic heterocycles. The first-order chi connectivity index (χ1) is 12.5. The van der Waals surface area contributed by atoms with Gasteiger partial charge in [-0.25, -0.2) is 0 Å². The van der Waals surface area contributed by atoms with Crippen LogP contribution in [0.15, 0.2) is 42.5 Å². The first-order valence-electron chi connectivity index (χ1n) is 9.53. The van der Waals surface area contributed by atoms with Crippen molar-refractivity contribution in [1.82, 2.24) is 0 Å². The lowest BCUT2D eigenvalue weighted by Crippen LogP contribution is -2.37. The quantitative estimate of drug-likeness (QED) is 0.760. The number of piperidine rings is 1. The Hall–Kier alpha value is -2.49. The number of anilines is 3. The summed E-state index contributed by atoms with van der Waals surface area (Å²) >= 11 is 0. The van der Waals surface area contributed by atoms with Gasteiger partial charge in [0, 0.05) is 23.8 Å². The Morgan fingerprint density at radius 1 is 1.15 bits per heavy atom. The Labute approximate surface area is 156 Å². The van der Waals surface area contributed by atoms with Gasteiger partial charge < -0.3 is 16.0 Å². The molecule has 26 heavy (non-hydrogen) atoms. The van der Waals surface area contributed by atoms with Gasteiger partial charge in [-0.15, -0.1) is 0 Å². The van der Waals surface area contributed by atoms with E-state index in [4.69, 9.17) is 5.73 Å². The molecule has 4 heteroatoms. The minimum atomic E-state index is -0.112. The second-order valence-corrected chi connectivity index (χ2v) is 7.54. The number of hydrogen-bond donors (Lipinski definition) is 2. The minimum absolute atomic E-state index is 0.112. The molecule has 2 aromatic rings. The molecule has 1 saturated heterocycles. The van der Waals surface area contributed by atoms with E-state index in [1.165, 1.54) is 24.8 Å². The number of nitrogens with one attached hydrogen (secondary N) is 1. The van der Waals surface area contributed by atoms with Gasteiger partial charge in [-0.1, -0.05) is 26.0 Å². The average molecular weight is 351 g/mol. The fourth-order valence-electron chi connectivity index (χ4n) is 3.57. The summed E-state index contributed by atoms with van der Waals surface area (Å²) < 4.78 is 0. The maximum absolute atomic E-state index is 12.5. The van der Waals surface area contributed by atoms with E-state index >= 15 is 0 Å². The highest BCUT2D eigenvalue weighted by Gasteiger charge is 2.20.